The van der Waals surface area contributed by atoms with E-state index in [0.717, 1.165) is 10.7 Å². The Balaban J connectivity index is 2.02. The van der Waals surface area contributed by atoms with Crippen molar-refractivity contribution in [3.05, 3.63) is 41.4 Å². The molecule has 0 amide bonds. The van der Waals surface area contributed by atoms with E-state index in [9.17, 15) is 0 Å². The SMILES string of the molecule is Nc1cnc(CSc2ncccc2Cl)cn1. The van der Waals surface area contributed by atoms with Gasteiger partial charge in [0.2, 0.25) is 0 Å². The van der Waals surface area contributed by atoms with E-state index in [1.165, 1.54) is 18.0 Å². The minimum absolute atomic E-state index is 0.421. The second-order valence-corrected chi connectivity index (χ2v) is 4.38. The van der Waals surface area contributed by atoms with Gasteiger partial charge in [-0.2, -0.15) is 0 Å². The summed E-state index contributed by atoms with van der Waals surface area (Å²) in [4.78, 5) is 12.3. The van der Waals surface area contributed by atoms with E-state index < -0.39 is 0 Å². The fourth-order valence-electron chi connectivity index (χ4n) is 1.06. The van der Waals surface area contributed by atoms with Crippen molar-refractivity contribution in [2.75, 3.05) is 5.73 Å². The molecule has 2 aromatic heterocycles. The van der Waals surface area contributed by atoms with Gasteiger partial charge in [0.15, 0.2) is 0 Å². The summed E-state index contributed by atoms with van der Waals surface area (Å²) in [6.07, 6.45) is 4.90. The zero-order valence-electron chi connectivity index (χ0n) is 8.30. The van der Waals surface area contributed by atoms with Gasteiger partial charge in [0.1, 0.15) is 10.8 Å². The molecule has 0 aromatic carbocycles. The number of pyridine rings is 1. The van der Waals surface area contributed by atoms with E-state index in [1.807, 2.05) is 6.07 Å². The van der Waals surface area contributed by atoms with Crippen molar-refractivity contribution in [3.8, 4) is 0 Å². The molecule has 6 heteroatoms. The molecule has 2 heterocycles. The van der Waals surface area contributed by atoms with Crippen LogP contribution in [0.3, 0.4) is 0 Å². The van der Waals surface area contributed by atoms with Crippen LogP contribution < -0.4 is 5.73 Å². The maximum atomic E-state index is 5.98. The highest BCUT2D eigenvalue weighted by Crippen LogP contribution is 2.26. The molecule has 0 atom stereocenters. The maximum absolute atomic E-state index is 5.98. The lowest BCUT2D eigenvalue weighted by atomic mass is 10.5. The number of hydrogen-bond donors (Lipinski definition) is 1. The summed E-state index contributed by atoms with van der Waals surface area (Å²) in [6, 6.07) is 3.61. The van der Waals surface area contributed by atoms with Crippen LogP contribution in [0.2, 0.25) is 5.02 Å². The fourth-order valence-corrected chi connectivity index (χ4v) is 2.12. The normalized spacial score (nSPS) is 10.3. The largest absolute Gasteiger partial charge is 0.382 e. The molecule has 2 rings (SSSR count). The highest BCUT2D eigenvalue weighted by Gasteiger charge is 2.03. The second kappa shape index (κ2) is 5.14. The van der Waals surface area contributed by atoms with Crippen LogP contribution in [0.4, 0.5) is 5.82 Å². The Bertz CT molecular complexity index is 475. The molecule has 0 saturated carbocycles. The summed E-state index contributed by atoms with van der Waals surface area (Å²) in [5.41, 5.74) is 6.29. The standard InChI is InChI=1S/C10H9ClN4S/c11-8-2-1-3-13-10(8)16-6-7-4-15-9(12)5-14-7/h1-5H,6H2,(H2,12,15). The lowest BCUT2D eigenvalue weighted by Crippen LogP contribution is -1.94. The Hall–Kier alpha value is -1.33. The molecular weight excluding hydrogens is 244 g/mol. The second-order valence-electron chi connectivity index (χ2n) is 3.01. The number of nitrogens with two attached hydrogens (primary N) is 1. The summed E-state index contributed by atoms with van der Waals surface area (Å²) in [5, 5.41) is 1.44. The van der Waals surface area contributed by atoms with Gasteiger partial charge >= 0.3 is 0 Å². The van der Waals surface area contributed by atoms with Gasteiger partial charge in [-0.25, -0.2) is 9.97 Å². The van der Waals surface area contributed by atoms with Gasteiger partial charge in [-0.3, -0.25) is 4.98 Å². The lowest BCUT2D eigenvalue weighted by Gasteiger charge is -2.02. The molecule has 0 fully saturated rings. The number of anilines is 1. The summed E-state index contributed by atoms with van der Waals surface area (Å²) in [5.74, 6) is 1.09. The van der Waals surface area contributed by atoms with Gasteiger partial charge in [0.25, 0.3) is 0 Å². The van der Waals surface area contributed by atoms with E-state index in [1.54, 1.807) is 18.5 Å². The van der Waals surface area contributed by atoms with Crippen LogP contribution in [0.1, 0.15) is 5.69 Å². The van der Waals surface area contributed by atoms with Crippen LogP contribution in [0.15, 0.2) is 35.7 Å². The van der Waals surface area contributed by atoms with E-state index in [-0.39, 0.29) is 0 Å². The number of halogens is 1. The summed E-state index contributed by atoms with van der Waals surface area (Å²) in [7, 11) is 0. The first-order valence-corrected chi connectivity index (χ1v) is 5.92. The first-order chi connectivity index (χ1) is 7.75. The Labute approximate surface area is 102 Å². The highest BCUT2D eigenvalue weighted by molar-refractivity contribution is 7.98. The van der Waals surface area contributed by atoms with Crippen LogP contribution in [-0.4, -0.2) is 15.0 Å². The quantitative estimate of drug-likeness (QED) is 0.850. The maximum Gasteiger partial charge on any atom is 0.141 e. The fraction of sp³-hybridized carbons (Fsp3) is 0.100. The first-order valence-electron chi connectivity index (χ1n) is 4.55. The Morgan fingerprint density at radius 2 is 2.12 bits per heavy atom. The van der Waals surface area contributed by atoms with Crippen molar-refractivity contribution in [1.82, 2.24) is 15.0 Å². The molecule has 0 radical (unpaired) electrons. The molecule has 0 spiro atoms. The number of rotatable bonds is 3. The molecule has 0 unspecified atom stereocenters. The molecule has 0 bridgehead atoms. The molecule has 0 aliphatic heterocycles. The third kappa shape index (κ3) is 2.84. The summed E-state index contributed by atoms with van der Waals surface area (Å²) < 4.78 is 0. The first kappa shape index (κ1) is 11.2. The number of hydrogen-bond acceptors (Lipinski definition) is 5. The molecular formula is C10H9ClN4S. The van der Waals surface area contributed by atoms with Crippen molar-refractivity contribution in [2.45, 2.75) is 10.8 Å². The van der Waals surface area contributed by atoms with E-state index >= 15 is 0 Å². The predicted molar refractivity (Wildman–Crippen MR) is 65.3 cm³/mol. The van der Waals surface area contributed by atoms with E-state index in [0.29, 0.717) is 16.6 Å². The molecule has 2 aromatic rings. The molecule has 0 aliphatic carbocycles. The van der Waals surface area contributed by atoms with Crippen LogP contribution in [-0.2, 0) is 5.75 Å². The van der Waals surface area contributed by atoms with Gasteiger partial charge in [0, 0.05) is 11.9 Å². The average molecular weight is 253 g/mol. The number of nitrogen functional groups attached to an aromatic ring is 1. The van der Waals surface area contributed by atoms with Crippen LogP contribution in [0, 0.1) is 0 Å². The van der Waals surface area contributed by atoms with Crippen molar-refractivity contribution in [3.63, 3.8) is 0 Å². The minimum atomic E-state index is 0.421. The van der Waals surface area contributed by atoms with Crippen LogP contribution in [0.25, 0.3) is 0 Å². The third-order valence-electron chi connectivity index (χ3n) is 1.81. The van der Waals surface area contributed by atoms with Gasteiger partial charge in [-0.15, -0.1) is 0 Å². The predicted octanol–water partition coefficient (Wildman–Crippen LogP) is 2.40. The molecule has 0 aliphatic rings. The Kier molecular flexibility index (Phi) is 3.58. The van der Waals surface area contributed by atoms with Gasteiger partial charge in [-0.1, -0.05) is 23.4 Å². The van der Waals surface area contributed by atoms with Crippen molar-refractivity contribution >= 4 is 29.2 Å². The number of aromatic nitrogens is 3. The Morgan fingerprint density at radius 3 is 2.81 bits per heavy atom. The molecule has 4 nitrogen and oxygen atoms in total. The van der Waals surface area contributed by atoms with E-state index in [2.05, 4.69) is 15.0 Å². The monoisotopic (exact) mass is 252 g/mol. The smallest absolute Gasteiger partial charge is 0.141 e. The van der Waals surface area contributed by atoms with Crippen molar-refractivity contribution in [2.24, 2.45) is 0 Å². The van der Waals surface area contributed by atoms with Crippen molar-refractivity contribution in [1.29, 1.82) is 0 Å². The summed E-state index contributed by atoms with van der Waals surface area (Å²) >= 11 is 7.50. The molecule has 16 heavy (non-hydrogen) atoms. The van der Waals surface area contributed by atoms with Gasteiger partial charge in [-0.05, 0) is 12.1 Å². The highest BCUT2D eigenvalue weighted by atomic mass is 35.5. The summed E-state index contributed by atoms with van der Waals surface area (Å²) in [6.45, 7) is 0. The van der Waals surface area contributed by atoms with Crippen LogP contribution >= 0.6 is 23.4 Å². The Morgan fingerprint density at radius 1 is 1.25 bits per heavy atom. The zero-order chi connectivity index (χ0) is 11.4. The van der Waals surface area contributed by atoms with Gasteiger partial charge in [0.05, 0.1) is 23.1 Å². The third-order valence-corrected chi connectivity index (χ3v) is 3.26. The number of nitrogens with zero attached hydrogens (tertiary/aromatic N) is 3. The molecule has 0 saturated heterocycles. The average Bonchev–Trinajstić information content (AvgIpc) is 2.30. The topological polar surface area (TPSA) is 64.7 Å². The van der Waals surface area contributed by atoms with E-state index in [4.69, 9.17) is 17.3 Å². The zero-order valence-corrected chi connectivity index (χ0v) is 9.87. The van der Waals surface area contributed by atoms with Crippen LogP contribution in [0.5, 0.6) is 0 Å². The van der Waals surface area contributed by atoms with Crippen molar-refractivity contribution < 1.29 is 0 Å². The number of thioether (sulfide) groups is 1. The lowest BCUT2D eigenvalue weighted by molar-refractivity contribution is 1.09. The molecule has 82 valence electrons. The molecule has 2 N–H and O–H groups in total. The minimum Gasteiger partial charge on any atom is -0.382 e. The van der Waals surface area contributed by atoms with Gasteiger partial charge < -0.3 is 5.73 Å².